The van der Waals surface area contributed by atoms with Crippen molar-refractivity contribution in [1.29, 1.82) is 0 Å². The van der Waals surface area contributed by atoms with E-state index in [1.54, 1.807) is 0 Å². The van der Waals surface area contributed by atoms with Crippen LogP contribution in [0.5, 0.6) is 0 Å². The Kier molecular flexibility index (Phi) is 5.00. The molecule has 0 unspecified atom stereocenters. The van der Waals surface area contributed by atoms with Crippen molar-refractivity contribution < 1.29 is 4.74 Å². The third-order valence-electron chi connectivity index (χ3n) is 4.53. The average molecular weight is 261 g/mol. The minimum Gasteiger partial charge on any atom is -0.369 e. The maximum absolute atomic E-state index is 6.20. The summed E-state index contributed by atoms with van der Waals surface area (Å²) in [6, 6.07) is 8.73. The van der Waals surface area contributed by atoms with Crippen molar-refractivity contribution in [2.24, 2.45) is 11.7 Å². The summed E-state index contributed by atoms with van der Waals surface area (Å²) in [5.74, 6) is 0.826. The fraction of sp³-hybridized carbons (Fsp3) is 0.647. The Morgan fingerprint density at radius 3 is 2.26 bits per heavy atom. The van der Waals surface area contributed by atoms with Gasteiger partial charge < -0.3 is 10.5 Å². The maximum Gasteiger partial charge on any atom is 0.0808 e. The molecule has 1 saturated carbocycles. The van der Waals surface area contributed by atoms with Crippen molar-refractivity contribution in [1.82, 2.24) is 0 Å². The molecule has 2 heteroatoms. The monoisotopic (exact) mass is 261 g/mol. The zero-order valence-corrected chi connectivity index (χ0v) is 12.3. The molecule has 1 aliphatic rings. The summed E-state index contributed by atoms with van der Waals surface area (Å²) < 4.78 is 6.20. The highest BCUT2D eigenvalue weighted by molar-refractivity contribution is 5.21. The minimum absolute atomic E-state index is 0.0735. The van der Waals surface area contributed by atoms with Gasteiger partial charge in [-0.25, -0.2) is 0 Å². The number of hydrogen-bond acceptors (Lipinski definition) is 2. The van der Waals surface area contributed by atoms with Gasteiger partial charge in [0.15, 0.2) is 0 Å². The highest BCUT2D eigenvalue weighted by Crippen LogP contribution is 2.34. The molecule has 1 aliphatic carbocycles. The van der Waals surface area contributed by atoms with Crippen molar-refractivity contribution >= 4 is 0 Å². The zero-order chi connectivity index (χ0) is 13.7. The van der Waals surface area contributed by atoms with Crippen LogP contribution in [0.3, 0.4) is 0 Å². The molecular weight excluding hydrogens is 234 g/mol. The summed E-state index contributed by atoms with van der Waals surface area (Å²) in [6.45, 7) is 5.84. The highest BCUT2D eigenvalue weighted by atomic mass is 16.5. The van der Waals surface area contributed by atoms with E-state index in [4.69, 9.17) is 10.5 Å². The van der Waals surface area contributed by atoms with Crippen LogP contribution < -0.4 is 5.73 Å². The maximum atomic E-state index is 6.20. The molecule has 0 atom stereocenters. The van der Waals surface area contributed by atoms with Gasteiger partial charge in [0.1, 0.15) is 0 Å². The number of nitrogens with two attached hydrogens (primary N) is 1. The molecule has 0 aliphatic heterocycles. The van der Waals surface area contributed by atoms with Crippen molar-refractivity contribution in [3.8, 4) is 0 Å². The predicted molar refractivity (Wildman–Crippen MR) is 80.0 cm³/mol. The quantitative estimate of drug-likeness (QED) is 0.877. The molecule has 0 heterocycles. The average Bonchev–Trinajstić information content (AvgIpc) is 2.48. The molecule has 0 amide bonds. The molecule has 19 heavy (non-hydrogen) atoms. The number of rotatable bonds is 5. The summed E-state index contributed by atoms with van der Waals surface area (Å²) in [7, 11) is 0. The van der Waals surface area contributed by atoms with Crippen LogP contribution >= 0.6 is 0 Å². The lowest BCUT2D eigenvalue weighted by atomic mass is 9.79. The van der Waals surface area contributed by atoms with Gasteiger partial charge in [-0.3, -0.25) is 0 Å². The second-order valence-electron chi connectivity index (χ2n) is 6.03. The fourth-order valence-corrected chi connectivity index (χ4v) is 2.80. The van der Waals surface area contributed by atoms with Crippen molar-refractivity contribution in [2.75, 3.05) is 6.54 Å². The lowest BCUT2D eigenvalue weighted by molar-refractivity contribution is -0.0799. The number of aryl methyl sites for hydroxylation is 1. The zero-order valence-electron chi connectivity index (χ0n) is 12.3. The van der Waals surface area contributed by atoms with E-state index < -0.39 is 0 Å². The van der Waals surface area contributed by atoms with Gasteiger partial charge in [0.05, 0.1) is 12.2 Å². The highest BCUT2D eigenvalue weighted by Gasteiger charge is 2.33. The van der Waals surface area contributed by atoms with Crippen LogP contribution in [-0.2, 0) is 17.8 Å². The smallest absolute Gasteiger partial charge is 0.0808 e. The summed E-state index contributed by atoms with van der Waals surface area (Å²) in [5, 5.41) is 0. The van der Waals surface area contributed by atoms with E-state index in [2.05, 4.69) is 38.1 Å². The molecule has 0 spiro atoms. The van der Waals surface area contributed by atoms with Crippen LogP contribution in [0.15, 0.2) is 24.3 Å². The van der Waals surface area contributed by atoms with Gasteiger partial charge in [-0.05, 0) is 49.1 Å². The minimum atomic E-state index is -0.0735. The van der Waals surface area contributed by atoms with E-state index in [1.165, 1.54) is 24.0 Å². The molecule has 1 aromatic carbocycles. The van der Waals surface area contributed by atoms with E-state index >= 15 is 0 Å². The van der Waals surface area contributed by atoms with Crippen LogP contribution in [0.4, 0.5) is 0 Å². The predicted octanol–water partition coefficient (Wildman–Crippen LogP) is 3.67. The number of hydrogen-bond donors (Lipinski definition) is 1. The molecule has 2 N–H and O–H groups in total. The summed E-state index contributed by atoms with van der Waals surface area (Å²) in [6.07, 6.45) is 5.79. The molecule has 106 valence electrons. The topological polar surface area (TPSA) is 35.2 Å². The summed E-state index contributed by atoms with van der Waals surface area (Å²) in [4.78, 5) is 0. The molecule has 0 aromatic heterocycles. The van der Waals surface area contributed by atoms with Crippen molar-refractivity contribution in [3.05, 3.63) is 35.4 Å². The molecule has 2 nitrogen and oxygen atoms in total. The molecular formula is C17H27NO. The molecule has 0 bridgehead atoms. The van der Waals surface area contributed by atoms with Gasteiger partial charge in [0, 0.05) is 6.54 Å². The van der Waals surface area contributed by atoms with Crippen LogP contribution in [-0.4, -0.2) is 12.1 Å². The first kappa shape index (κ1) is 14.5. The Labute approximate surface area is 117 Å². The van der Waals surface area contributed by atoms with Crippen LogP contribution in [0, 0.1) is 5.92 Å². The molecule has 1 fully saturated rings. The standard InChI is InChI=1S/C17H27NO/c1-3-15-4-6-16(7-5-15)12-19-17(13-18)10-8-14(2)9-11-17/h4-7,14H,3,8-13,18H2,1-2H3. The van der Waals surface area contributed by atoms with E-state index in [0.29, 0.717) is 13.2 Å². The van der Waals surface area contributed by atoms with Crippen LogP contribution in [0.25, 0.3) is 0 Å². The first-order valence-corrected chi connectivity index (χ1v) is 7.59. The Hall–Kier alpha value is -0.860. The van der Waals surface area contributed by atoms with Gasteiger partial charge in [-0.1, -0.05) is 38.1 Å². The molecule has 0 saturated heterocycles. The van der Waals surface area contributed by atoms with Crippen LogP contribution in [0.1, 0.15) is 50.7 Å². The second-order valence-corrected chi connectivity index (χ2v) is 6.03. The lowest BCUT2D eigenvalue weighted by Gasteiger charge is -2.38. The lowest BCUT2D eigenvalue weighted by Crippen LogP contribution is -2.43. The van der Waals surface area contributed by atoms with Gasteiger partial charge in [-0.15, -0.1) is 0 Å². The van der Waals surface area contributed by atoms with Crippen molar-refractivity contribution in [2.45, 2.75) is 58.2 Å². The first-order valence-electron chi connectivity index (χ1n) is 7.59. The first-order chi connectivity index (χ1) is 9.17. The number of ether oxygens (including phenoxy) is 1. The van der Waals surface area contributed by atoms with Gasteiger partial charge in [0.25, 0.3) is 0 Å². The Bertz CT molecular complexity index is 377. The third-order valence-corrected chi connectivity index (χ3v) is 4.53. The van der Waals surface area contributed by atoms with E-state index in [-0.39, 0.29) is 5.60 Å². The molecule has 1 aromatic rings. The Morgan fingerprint density at radius 1 is 1.16 bits per heavy atom. The van der Waals surface area contributed by atoms with Gasteiger partial charge in [-0.2, -0.15) is 0 Å². The Morgan fingerprint density at radius 2 is 1.74 bits per heavy atom. The van der Waals surface area contributed by atoms with Crippen molar-refractivity contribution in [3.63, 3.8) is 0 Å². The van der Waals surface area contributed by atoms with E-state index in [1.807, 2.05) is 0 Å². The Balaban J connectivity index is 1.91. The summed E-state index contributed by atoms with van der Waals surface area (Å²) in [5.41, 5.74) is 8.53. The third kappa shape index (κ3) is 3.80. The van der Waals surface area contributed by atoms with Gasteiger partial charge >= 0.3 is 0 Å². The fourth-order valence-electron chi connectivity index (χ4n) is 2.80. The molecule has 0 radical (unpaired) electrons. The van der Waals surface area contributed by atoms with Gasteiger partial charge in [0.2, 0.25) is 0 Å². The summed E-state index contributed by atoms with van der Waals surface area (Å²) >= 11 is 0. The molecule has 2 rings (SSSR count). The number of benzene rings is 1. The largest absolute Gasteiger partial charge is 0.369 e. The second kappa shape index (κ2) is 6.53. The van der Waals surface area contributed by atoms with E-state index in [0.717, 1.165) is 25.2 Å². The van der Waals surface area contributed by atoms with E-state index in [9.17, 15) is 0 Å². The van der Waals surface area contributed by atoms with Crippen LogP contribution in [0.2, 0.25) is 0 Å². The SMILES string of the molecule is CCc1ccc(COC2(CN)CCC(C)CC2)cc1. The normalized spacial score (nSPS) is 27.4.